The van der Waals surface area contributed by atoms with Crippen molar-refractivity contribution >= 4 is 17.4 Å². The molecule has 4 aromatic rings. The Bertz CT molecular complexity index is 1540. The number of carbonyl (C=O) groups is 1. The number of aliphatic hydroxyl groups excluding tert-OH is 1. The minimum absolute atomic E-state index is 0.0936. The summed E-state index contributed by atoms with van der Waals surface area (Å²) in [6.07, 6.45) is -11.6. The van der Waals surface area contributed by atoms with Gasteiger partial charge in [0, 0.05) is 28.8 Å². The van der Waals surface area contributed by atoms with Crippen LogP contribution in [0.2, 0.25) is 5.02 Å². The van der Waals surface area contributed by atoms with Crippen molar-refractivity contribution in [3.05, 3.63) is 75.8 Å². The van der Waals surface area contributed by atoms with E-state index in [0.717, 1.165) is 15.7 Å². The van der Waals surface area contributed by atoms with Crippen LogP contribution in [0.15, 0.2) is 53.7 Å². The molecule has 3 aromatic heterocycles. The van der Waals surface area contributed by atoms with Crippen LogP contribution in [0.3, 0.4) is 0 Å². The van der Waals surface area contributed by atoms with E-state index in [1.165, 1.54) is 42.6 Å². The molecule has 1 aromatic carbocycles. The molecule has 39 heavy (non-hydrogen) atoms. The molecule has 3 heterocycles. The van der Waals surface area contributed by atoms with Crippen LogP contribution in [0.5, 0.6) is 0 Å². The Morgan fingerprint density at radius 3 is 2.36 bits per heavy atom. The van der Waals surface area contributed by atoms with Gasteiger partial charge in [0.05, 0.1) is 6.54 Å². The lowest BCUT2D eigenvalue weighted by atomic mass is 10.1. The second-order valence-corrected chi connectivity index (χ2v) is 8.56. The molecule has 0 saturated carbocycles. The third kappa shape index (κ3) is 6.34. The Kier molecular flexibility index (Phi) is 7.61. The molecular weight excluding hydrogens is 560 g/mol. The lowest BCUT2D eigenvalue weighted by Gasteiger charge is -2.15. The van der Waals surface area contributed by atoms with Crippen molar-refractivity contribution in [2.75, 3.05) is 0 Å². The zero-order valence-electron chi connectivity index (χ0n) is 19.4. The number of alkyl halides is 6. The highest BCUT2D eigenvalue weighted by atomic mass is 35.5. The maximum Gasteiger partial charge on any atom is 0.450 e. The first kappa shape index (κ1) is 28.0. The number of rotatable bonds is 8. The van der Waals surface area contributed by atoms with Gasteiger partial charge in [0.25, 0.3) is 0 Å². The van der Waals surface area contributed by atoms with Crippen LogP contribution in [0.4, 0.5) is 26.3 Å². The molecular formula is C22H16ClF6N7O3. The van der Waals surface area contributed by atoms with Crippen molar-refractivity contribution < 1.29 is 36.2 Å². The quantitative estimate of drug-likeness (QED) is 0.321. The molecule has 17 heteroatoms. The molecule has 10 nitrogen and oxygen atoms in total. The Morgan fingerprint density at radius 2 is 1.72 bits per heavy atom. The van der Waals surface area contributed by atoms with Crippen molar-refractivity contribution in [1.82, 2.24) is 34.1 Å². The molecule has 0 unspecified atom stereocenters. The molecule has 1 atom stereocenters. The molecule has 0 saturated heterocycles. The zero-order valence-corrected chi connectivity index (χ0v) is 20.1. The van der Waals surface area contributed by atoms with Crippen molar-refractivity contribution in [1.29, 1.82) is 0 Å². The molecule has 4 rings (SSSR count). The average Bonchev–Trinajstić information content (AvgIpc) is 3.44. The molecule has 0 aliphatic heterocycles. The van der Waals surface area contributed by atoms with Gasteiger partial charge < -0.3 is 5.11 Å². The fraction of sp³-hybridized carbons (Fsp3) is 0.273. The minimum Gasteiger partial charge on any atom is -0.382 e. The number of aromatic nitrogens is 7. The zero-order chi connectivity index (χ0) is 28.5. The number of carbonyl (C=O) groups excluding carboxylic acids is 1. The molecule has 206 valence electrons. The summed E-state index contributed by atoms with van der Waals surface area (Å²) in [7, 11) is 0. The highest BCUT2D eigenvalue weighted by molar-refractivity contribution is 6.30. The average molecular weight is 576 g/mol. The third-order valence-corrected chi connectivity index (χ3v) is 5.59. The number of pyridine rings is 1. The van der Waals surface area contributed by atoms with Gasteiger partial charge in [0.2, 0.25) is 5.78 Å². The van der Waals surface area contributed by atoms with Crippen molar-refractivity contribution in [2.45, 2.75) is 38.0 Å². The van der Waals surface area contributed by atoms with Gasteiger partial charge in [-0.3, -0.25) is 9.36 Å². The minimum atomic E-state index is -5.05. The number of ketones is 1. The van der Waals surface area contributed by atoms with Gasteiger partial charge in [-0.05, 0) is 30.3 Å². The number of benzene rings is 1. The summed E-state index contributed by atoms with van der Waals surface area (Å²) in [6, 6.07) is 8.29. The number of Topliss-reactive ketones (excluding diaryl/α,β-unsaturated/α-hetero) is 1. The first-order valence-corrected chi connectivity index (χ1v) is 11.2. The van der Waals surface area contributed by atoms with E-state index in [9.17, 15) is 41.0 Å². The largest absolute Gasteiger partial charge is 0.450 e. The highest BCUT2D eigenvalue weighted by Crippen LogP contribution is 2.24. The Labute approximate surface area is 219 Å². The molecule has 0 radical (unpaired) electrons. The van der Waals surface area contributed by atoms with Gasteiger partial charge in [-0.15, -0.1) is 10.2 Å². The summed E-state index contributed by atoms with van der Waals surface area (Å²) in [5.41, 5.74) is -0.881. The maximum atomic E-state index is 13.0. The molecule has 0 bridgehead atoms. The fourth-order valence-corrected chi connectivity index (χ4v) is 3.58. The van der Waals surface area contributed by atoms with Crippen LogP contribution >= 0.6 is 11.6 Å². The Morgan fingerprint density at radius 1 is 1.03 bits per heavy atom. The highest BCUT2D eigenvalue weighted by Gasteiger charge is 2.40. The predicted octanol–water partition coefficient (Wildman–Crippen LogP) is 2.99. The van der Waals surface area contributed by atoms with Gasteiger partial charge in [-0.2, -0.15) is 26.3 Å². The monoisotopic (exact) mass is 575 g/mol. The van der Waals surface area contributed by atoms with Gasteiger partial charge in [-0.25, -0.2) is 24.1 Å². The Balaban J connectivity index is 1.67. The summed E-state index contributed by atoms with van der Waals surface area (Å²) < 4.78 is 79.7. The SMILES string of the molecule is O=C(Cc1cccnc1-n1cnc(Cn2nc(-c3ccc(Cl)cc3)n(C[C@H](O)C(F)(F)F)c2=O)n1)C(F)(F)F. The summed E-state index contributed by atoms with van der Waals surface area (Å²) >= 11 is 5.86. The van der Waals surface area contributed by atoms with Gasteiger partial charge in [0.1, 0.15) is 12.9 Å². The summed E-state index contributed by atoms with van der Waals surface area (Å²) in [5.74, 6) is -2.41. The molecule has 0 aliphatic rings. The number of hydrogen-bond donors (Lipinski definition) is 1. The van der Waals surface area contributed by atoms with Crippen LogP contribution in [-0.2, 0) is 24.3 Å². The molecule has 0 amide bonds. The number of halogens is 7. The van der Waals surface area contributed by atoms with E-state index in [-0.39, 0.29) is 28.6 Å². The van der Waals surface area contributed by atoms with Crippen LogP contribution in [0.1, 0.15) is 11.4 Å². The Hall–Kier alpha value is -4.05. The van der Waals surface area contributed by atoms with Crippen LogP contribution in [0, 0.1) is 0 Å². The number of aliphatic hydroxyl groups is 1. The summed E-state index contributed by atoms with van der Waals surface area (Å²) in [6.45, 7) is -1.60. The maximum absolute atomic E-state index is 13.0. The van der Waals surface area contributed by atoms with Gasteiger partial charge >= 0.3 is 18.0 Å². The van der Waals surface area contributed by atoms with E-state index < -0.39 is 49.4 Å². The molecule has 0 aliphatic carbocycles. The van der Waals surface area contributed by atoms with Crippen LogP contribution in [0.25, 0.3) is 17.2 Å². The topological polar surface area (TPSA) is 121 Å². The normalized spacial score (nSPS) is 13.0. The van der Waals surface area contributed by atoms with E-state index in [0.29, 0.717) is 9.59 Å². The molecule has 0 spiro atoms. The van der Waals surface area contributed by atoms with E-state index >= 15 is 0 Å². The van der Waals surface area contributed by atoms with Gasteiger partial charge in [-0.1, -0.05) is 17.7 Å². The lowest BCUT2D eigenvalue weighted by molar-refractivity contribution is -0.207. The standard InChI is InChI=1S/C22H16ClF6N7O3/c23-14-5-3-12(4-6-14)19-33-35(20(39)34(19)9-16(38)22(27,28)29)10-17-31-11-36(32-17)18-13(2-1-7-30-18)8-15(37)21(24,25)26/h1-7,11,16,38H,8-10H2/t16-/m0/s1. The first-order chi connectivity index (χ1) is 18.2. The lowest BCUT2D eigenvalue weighted by Crippen LogP contribution is -2.37. The van der Waals surface area contributed by atoms with E-state index in [1.807, 2.05) is 0 Å². The third-order valence-electron chi connectivity index (χ3n) is 5.34. The van der Waals surface area contributed by atoms with Crippen molar-refractivity contribution in [2.24, 2.45) is 0 Å². The number of hydrogen-bond acceptors (Lipinski definition) is 7. The second-order valence-electron chi connectivity index (χ2n) is 8.13. The fourth-order valence-electron chi connectivity index (χ4n) is 3.45. The van der Waals surface area contributed by atoms with E-state index in [1.54, 1.807) is 0 Å². The van der Waals surface area contributed by atoms with Crippen molar-refractivity contribution in [3.63, 3.8) is 0 Å². The first-order valence-electron chi connectivity index (χ1n) is 10.9. The van der Waals surface area contributed by atoms with Crippen LogP contribution < -0.4 is 5.69 Å². The van der Waals surface area contributed by atoms with E-state index in [2.05, 4.69) is 20.2 Å². The van der Waals surface area contributed by atoms with Gasteiger partial charge in [0.15, 0.2) is 23.6 Å². The van der Waals surface area contributed by atoms with Crippen LogP contribution in [-0.4, -0.2) is 63.4 Å². The second kappa shape index (κ2) is 10.6. The van der Waals surface area contributed by atoms with Crippen molar-refractivity contribution in [3.8, 4) is 17.2 Å². The van der Waals surface area contributed by atoms with E-state index in [4.69, 9.17) is 11.6 Å². The molecule has 0 fully saturated rings. The predicted molar refractivity (Wildman–Crippen MR) is 122 cm³/mol. The summed E-state index contributed by atoms with van der Waals surface area (Å²) in [5, 5.41) is 18.0. The number of nitrogens with zero attached hydrogens (tertiary/aromatic N) is 7. The summed E-state index contributed by atoms with van der Waals surface area (Å²) in [4.78, 5) is 32.4. The molecule has 1 N–H and O–H groups in total. The smallest absolute Gasteiger partial charge is 0.382 e.